The van der Waals surface area contributed by atoms with Crippen LogP contribution in [0.15, 0.2) is 42.9 Å². The van der Waals surface area contributed by atoms with E-state index in [9.17, 15) is 14.7 Å². The first-order valence-corrected chi connectivity index (χ1v) is 8.01. The Labute approximate surface area is 143 Å². The van der Waals surface area contributed by atoms with Gasteiger partial charge in [-0.15, -0.1) is 0 Å². The number of hydrogen-bond acceptors (Lipinski definition) is 4. The third-order valence-electron chi connectivity index (χ3n) is 4.52. The lowest BCUT2D eigenvalue weighted by Crippen LogP contribution is -2.37. The molecule has 7 heteroatoms. The maximum atomic E-state index is 12.7. The van der Waals surface area contributed by atoms with Crippen molar-refractivity contribution in [3.05, 3.63) is 59.8 Å². The van der Waals surface area contributed by atoms with Gasteiger partial charge >= 0.3 is 5.97 Å². The number of carboxylic acid groups (broad SMARTS) is 1. The normalized spacial score (nSPS) is 13.7. The molecule has 1 N–H and O–H groups in total. The van der Waals surface area contributed by atoms with Gasteiger partial charge in [-0.3, -0.25) is 14.6 Å². The van der Waals surface area contributed by atoms with Crippen molar-refractivity contribution in [2.45, 2.75) is 19.5 Å². The number of hydrogen-bond donors (Lipinski definition) is 1. The summed E-state index contributed by atoms with van der Waals surface area (Å²) < 4.78 is 1.84. The fourth-order valence-electron chi connectivity index (χ4n) is 3.46. The van der Waals surface area contributed by atoms with Crippen LogP contribution in [0.25, 0.3) is 10.9 Å². The smallest absolute Gasteiger partial charge is 0.323 e. The maximum absolute atomic E-state index is 12.7. The largest absolute Gasteiger partial charge is 0.480 e. The Bertz CT molecular complexity index is 965. The van der Waals surface area contributed by atoms with Gasteiger partial charge in [-0.05, 0) is 6.07 Å². The molecule has 4 rings (SSSR count). The van der Waals surface area contributed by atoms with E-state index in [2.05, 4.69) is 9.97 Å². The fraction of sp³-hybridized carbons (Fsp3) is 0.222. The number of fused-ring (bicyclic) bond motifs is 3. The summed E-state index contributed by atoms with van der Waals surface area (Å²) in [5.74, 6) is -1.03. The molecular formula is C18H16N4O3. The lowest BCUT2D eigenvalue weighted by molar-refractivity contribution is -0.137. The molecule has 0 spiro atoms. The van der Waals surface area contributed by atoms with E-state index in [0.717, 1.165) is 22.2 Å². The molecule has 1 aromatic carbocycles. The molecule has 0 fully saturated rings. The molecule has 1 aliphatic rings. The van der Waals surface area contributed by atoms with Crippen LogP contribution in [-0.2, 0) is 24.3 Å². The molecule has 0 saturated heterocycles. The summed E-state index contributed by atoms with van der Waals surface area (Å²) in [6, 6.07) is 7.72. The number of carboxylic acids is 1. The van der Waals surface area contributed by atoms with Gasteiger partial charge in [0.15, 0.2) is 0 Å². The van der Waals surface area contributed by atoms with E-state index in [-0.39, 0.29) is 12.5 Å². The molecule has 126 valence electrons. The van der Waals surface area contributed by atoms with E-state index in [1.807, 2.05) is 28.8 Å². The highest BCUT2D eigenvalue weighted by Crippen LogP contribution is 2.31. The summed E-state index contributed by atoms with van der Waals surface area (Å²) in [7, 11) is 0. The highest BCUT2D eigenvalue weighted by molar-refractivity contribution is 5.93. The lowest BCUT2D eigenvalue weighted by Gasteiger charge is -2.27. The predicted octanol–water partition coefficient (Wildman–Crippen LogP) is 1.71. The molecule has 0 radical (unpaired) electrons. The molecule has 7 nitrogen and oxygen atoms in total. The zero-order valence-electron chi connectivity index (χ0n) is 13.4. The highest BCUT2D eigenvalue weighted by atomic mass is 16.4. The minimum absolute atomic E-state index is 0.0754. The number of para-hydroxylation sites is 1. The molecular weight excluding hydrogens is 320 g/mol. The zero-order valence-corrected chi connectivity index (χ0v) is 13.4. The number of benzene rings is 1. The highest BCUT2D eigenvalue weighted by Gasteiger charge is 2.28. The summed E-state index contributed by atoms with van der Waals surface area (Å²) in [6.07, 6.45) is 5.11. The Kier molecular flexibility index (Phi) is 3.68. The summed E-state index contributed by atoms with van der Waals surface area (Å²) in [5, 5.41) is 10.2. The van der Waals surface area contributed by atoms with Gasteiger partial charge in [-0.2, -0.15) is 0 Å². The van der Waals surface area contributed by atoms with Crippen molar-refractivity contribution >= 4 is 22.8 Å². The average Bonchev–Trinajstić information content (AvgIpc) is 2.95. The SMILES string of the molecule is O=C(O)Cn1c2c(c3ccccc31)CN(C(=O)c1cnccn1)CC2. The van der Waals surface area contributed by atoms with Crippen molar-refractivity contribution < 1.29 is 14.7 Å². The molecule has 2 aromatic heterocycles. The number of amides is 1. The van der Waals surface area contributed by atoms with Gasteiger partial charge in [-0.25, -0.2) is 4.98 Å². The fourth-order valence-corrected chi connectivity index (χ4v) is 3.46. The van der Waals surface area contributed by atoms with Crippen LogP contribution < -0.4 is 0 Å². The van der Waals surface area contributed by atoms with E-state index in [1.165, 1.54) is 18.6 Å². The first-order chi connectivity index (χ1) is 12.1. The van der Waals surface area contributed by atoms with Crippen molar-refractivity contribution in [1.29, 1.82) is 0 Å². The number of aliphatic carboxylic acids is 1. The van der Waals surface area contributed by atoms with Crippen molar-refractivity contribution in [3.63, 3.8) is 0 Å². The van der Waals surface area contributed by atoms with E-state index in [0.29, 0.717) is 25.2 Å². The van der Waals surface area contributed by atoms with Crippen LogP contribution in [0.4, 0.5) is 0 Å². The van der Waals surface area contributed by atoms with Crippen LogP contribution in [0.1, 0.15) is 21.7 Å². The van der Waals surface area contributed by atoms with Crippen LogP contribution in [0.3, 0.4) is 0 Å². The molecule has 0 atom stereocenters. The van der Waals surface area contributed by atoms with Crippen LogP contribution >= 0.6 is 0 Å². The summed E-state index contributed by atoms with van der Waals surface area (Å²) in [5.41, 5.74) is 3.22. The van der Waals surface area contributed by atoms with E-state index >= 15 is 0 Å². The van der Waals surface area contributed by atoms with Gasteiger partial charge in [0.2, 0.25) is 0 Å². The zero-order chi connectivity index (χ0) is 17.4. The Hall–Kier alpha value is -3.22. The Balaban J connectivity index is 1.74. The first kappa shape index (κ1) is 15.3. The predicted molar refractivity (Wildman–Crippen MR) is 90.1 cm³/mol. The number of carbonyl (C=O) groups excluding carboxylic acids is 1. The van der Waals surface area contributed by atoms with Crippen molar-refractivity contribution in [2.24, 2.45) is 0 Å². The topological polar surface area (TPSA) is 88.3 Å². The second kappa shape index (κ2) is 6.01. The van der Waals surface area contributed by atoms with Crippen LogP contribution in [0, 0.1) is 0 Å². The van der Waals surface area contributed by atoms with Crippen molar-refractivity contribution in [3.8, 4) is 0 Å². The van der Waals surface area contributed by atoms with Crippen molar-refractivity contribution in [1.82, 2.24) is 19.4 Å². The Morgan fingerprint density at radius 3 is 2.80 bits per heavy atom. The molecule has 1 aliphatic heterocycles. The van der Waals surface area contributed by atoms with Gasteiger partial charge in [-0.1, -0.05) is 18.2 Å². The molecule has 3 aromatic rings. The first-order valence-electron chi connectivity index (χ1n) is 8.01. The minimum atomic E-state index is -0.874. The number of nitrogens with zero attached hydrogens (tertiary/aromatic N) is 4. The molecule has 0 bridgehead atoms. The molecule has 25 heavy (non-hydrogen) atoms. The van der Waals surface area contributed by atoms with Gasteiger partial charge in [0.25, 0.3) is 5.91 Å². The molecule has 0 unspecified atom stereocenters. The standard InChI is InChI=1S/C18H16N4O3/c23-17(24)11-22-15-4-2-1-3-12(15)13-10-21(8-5-16(13)22)18(25)14-9-19-6-7-20-14/h1-4,6-7,9H,5,8,10-11H2,(H,23,24). The van der Waals surface area contributed by atoms with Gasteiger partial charge in [0.1, 0.15) is 12.2 Å². The Morgan fingerprint density at radius 1 is 1.20 bits per heavy atom. The third kappa shape index (κ3) is 2.63. The maximum Gasteiger partial charge on any atom is 0.323 e. The third-order valence-corrected chi connectivity index (χ3v) is 4.52. The van der Waals surface area contributed by atoms with Gasteiger partial charge in [0, 0.05) is 54.1 Å². The summed E-state index contributed by atoms with van der Waals surface area (Å²) >= 11 is 0. The monoisotopic (exact) mass is 336 g/mol. The molecule has 0 aliphatic carbocycles. The number of rotatable bonds is 3. The average molecular weight is 336 g/mol. The quantitative estimate of drug-likeness (QED) is 0.787. The lowest BCUT2D eigenvalue weighted by atomic mass is 10.0. The molecule has 3 heterocycles. The van der Waals surface area contributed by atoms with E-state index < -0.39 is 5.97 Å². The van der Waals surface area contributed by atoms with E-state index in [4.69, 9.17) is 0 Å². The van der Waals surface area contributed by atoms with E-state index in [1.54, 1.807) is 4.90 Å². The van der Waals surface area contributed by atoms with Crippen LogP contribution in [-0.4, -0.2) is 43.0 Å². The molecule has 0 saturated carbocycles. The second-order valence-electron chi connectivity index (χ2n) is 5.99. The number of aromatic nitrogens is 3. The summed E-state index contributed by atoms with van der Waals surface area (Å²) in [6.45, 7) is 0.893. The Morgan fingerprint density at radius 2 is 2.04 bits per heavy atom. The number of carbonyl (C=O) groups is 2. The summed E-state index contributed by atoms with van der Waals surface area (Å²) in [4.78, 5) is 33.7. The second-order valence-corrected chi connectivity index (χ2v) is 5.99. The van der Waals surface area contributed by atoms with Crippen molar-refractivity contribution in [2.75, 3.05) is 6.54 Å². The van der Waals surface area contributed by atoms with Gasteiger partial charge < -0.3 is 14.6 Å². The van der Waals surface area contributed by atoms with Crippen LogP contribution in [0.5, 0.6) is 0 Å². The van der Waals surface area contributed by atoms with Gasteiger partial charge in [0.05, 0.1) is 6.20 Å². The molecule has 1 amide bonds. The van der Waals surface area contributed by atoms with Crippen LogP contribution in [0.2, 0.25) is 0 Å². The minimum Gasteiger partial charge on any atom is -0.480 e.